The first-order chi connectivity index (χ1) is 10.7. The summed E-state index contributed by atoms with van der Waals surface area (Å²) in [5.74, 6) is 0.333. The molecule has 8 heteroatoms. The Balaban J connectivity index is 2.39. The molecule has 0 radical (unpaired) electrons. The largest absolute Gasteiger partial charge is 0.416 e. The van der Waals surface area contributed by atoms with Gasteiger partial charge in [-0.3, -0.25) is 0 Å². The lowest BCUT2D eigenvalue weighted by molar-refractivity contribution is -0.137. The number of urea groups is 1. The Labute approximate surface area is 132 Å². The molecule has 130 valence electrons. The number of halogens is 3. The van der Waals surface area contributed by atoms with E-state index in [0.29, 0.717) is 12.5 Å². The minimum absolute atomic E-state index is 0.0165. The Morgan fingerprint density at radius 2 is 2.00 bits per heavy atom. The van der Waals surface area contributed by atoms with E-state index >= 15 is 0 Å². The molecule has 5 nitrogen and oxygen atoms in total. The van der Waals surface area contributed by atoms with Gasteiger partial charge in [0.25, 0.3) is 0 Å². The molecular formula is C15H21F3N2O3. The summed E-state index contributed by atoms with van der Waals surface area (Å²) in [6.07, 6.45) is -5.36. The second-order valence-corrected chi connectivity index (χ2v) is 5.50. The van der Waals surface area contributed by atoms with Gasteiger partial charge < -0.3 is 20.5 Å². The highest BCUT2D eigenvalue weighted by molar-refractivity contribution is 5.89. The van der Waals surface area contributed by atoms with Crippen LogP contribution >= 0.6 is 0 Å². The summed E-state index contributed by atoms with van der Waals surface area (Å²) in [6.45, 7) is 4.43. The van der Waals surface area contributed by atoms with Crippen LogP contribution in [0, 0.1) is 5.92 Å². The first-order valence-corrected chi connectivity index (χ1v) is 7.16. The smallest absolute Gasteiger partial charge is 0.389 e. The molecule has 0 fully saturated rings. The van der Waals surface area contributed by atoms with Crippen LogP contribution in [-0.2, 0) is 10.9 Å². The summed E-state index contributed by atoms with van der Waals surface area (Å²) >= 11 is 0. The quantitative estimate of drug-likeness (QED) is 0.718. The van der Waals surface area contributed by atoms with Crippen LogP contribution in [0.25, 0.3) is 0 Å². The van der Waals surface area contributed by atoms with Gasteiger partial charge in [0.2, 0.25) is 0 Å². The van der Waals surface area contributed by atoms with E-state index in [1.54, 1.807) is 0 Å². The molecule has 0 saturated heterocycles. The first kappa shape index (κ1) is 19.2. The van der Waals surface area contributed by atoms with Crippen LogP contribution in [0.1, 0.15) is 19.4 Å². The number of aliphatic hydroxyl groups excluding tert-OH is 1. The molecule has 1 rings (SSSR count). The Morgan fingerprint density at radius 3 is 2.61 bits per heavy atom. The summed E-state index contributed by atoms with van der Waals surface area (Å²) < 4.78 is 42.9. The molecule has 0 aliphatic carbocycles. The number of anilines is 1. The number of ether oxygens (including phenoxy) is 1. The van der Waals surface area contributed by atoms with E-state index < -0.39 is 23.9 Å². The zero-order valence-corrected chi connectivity index (χ0v) is 13.0. The number of nitrogens with one attached hydrogen (secondary N) is 2. The van der Waals surface area contributed by atoms with Crippen molar-refractivity contribution < 1.29 is 27.8 Å². The van der Waals surface area contributed by atoms with Gasteiger partial charge in [-0.05, 0) is 24.1 Å². The molecular weight excluding hydrogens is 313 g/mol. The predicted molar refractivity (Wildman–Crippen MR) is 80.1 cm³/mol. The first-order valence-electron chi connectivity index (χ1n) is 7.16. The van der Waals surface area contributed by atoms with E-state index in [9.17, 15) is 23.1 Å². The Hall–Kier alpha value is -1.80. The molecule has 1 unspecified atom stereocenters. The van der Waals surface area contributed by atoms with Gasteiger partial charge in [0.15, 0.2) is 0 Å². The van der Waals surface area contributed by atoms with Crippen LogP contribution in [0.2, 0.25) is 0 Å². The van der Waals surface area contributed by atoms with Crippen molar-refractivity contribution in [3.63, 3.8) is 0 Å². The minimum atomic E-state index is -4.47. The van der Waals surface area contributed by atoms with Crippen LogP contribution in [0.5, 0.6) is 0 Å². The molecule has 0 aliphatic heterocycles. The van der Waals surface area contributed by atoms with Gasteiger partial charge in [-0.2, -0.15) is 13.2 Å². The van der Waals surface area contributed by atoms with Crippen molar-refractivity contribution in [2.24, 2.45) is 5.92 Å². The number of benzene rings is 1. The maximum absolute atomic E-state index is 12.6. The summed E-state index contributed by atoms with van der Waals surface area (Å²) in [6, 6.07) is 3.59. The highest BCUT2D eigenvalue weighted by atomic mass is 19.4. The second-order valence-electron chi connectivity index (χ2n) is 5.50. The van der Waals surface area contributed by atoms with Crippen molar-refractivity contribution in [3.8, 4) is 0 Å². The van der Waals surface area contributed by atoms with Gasteiger partial charge in [0, 0.05) is 18.8 Å². The molecule has 0 saturated carbocycles. The highest BCUT2D eigenvalue weighted by Gasteiger charge is 2.30. The molecule has 1 aromatic carbocycles. The number of aliphatic hydroxyl groups is 1. The lowest BCUT2D eigenvalue weighted by atomic mass is 10.2. The van der Waals surface area contributed by atoms with E-state index in [2.05, 4.69) is 10.6 Å². The lowest BCUT2D eigenvalue weighted by Crippen LogP contribution is -2.37. The van der Waals surface area contributed by atoms with Crippen LogP contribution < -0.4 is 10.6 Å². The molecule has 0 aliphatic rings. The van der Waals surface area contributed by atoms with Crippen molar-refractivity contribution in [1.82, 2.24) is 5.32 Å². The van der Waals surface area contributed by atoms with Crippen LogP contribution in [0.4, 0.5) is 23.7 Å². The Morgan fingerprint density at radius 1 is 1.30 bits per heavy atom. The molecule has 1 atom stereocenters. The van der Waals surface area contributed by atoms with Crippen molar-refractivity contribution >= 4 is 11.7 Å². The summed E-state index contributed by atoms with van der Waals surface area (Å²) in [5, 5.41) is 14.3. The number of carbonyl (C=O) groups excluding carboxylic acids is 1. The number of alkyl halides is 3. The minimum Gasteiger partial charge on any atom is -0.389 e. The van der Waals surface area contributed by atoms with Crippen molar-refractivity contribution in [2.45, 2.75) is 26.1 Å². The standard InChI is InChI=1S/C15H21F3N2O3/c1-10(2)8-23-9-13(21)7-19-14(22)20-12-5-3-4-11(6-12)15(16,17)18/h3-6,10,13,21H,7-9H2,1-2H3,(H2,19,20,22). The molecule has 23 heavy (non-hydrogen) atoms. The van der Waals surface area contributed by atoms with E-state index in [-0.39, 0.29) is 18.8 Å². The number of carbonyl (C=O) groups is 1. The van der Waals surface area contributed by atoms with Gasteiger partial charge in [-0.25, -0.2) is 4.79 Å². The highest BCUT2D eigenvalue weighted by Crippen LogP contribution is 2.30. The average Bonchev–Trinajstić information content (AvgIpc) is 2.44. The maximum atomic E-state index is 12.6. The molecule has 0 aromatic heterocycles. The molecule has 0 heterocycles. The van der Waals surface area contributed by atoms with Crippen LogP contribution in [-0.4, -0.2) is 37.0 Å². The van der Waals surface area contributed by atoms with E-state index in [1.165, 1.54) is 12.1 Å². The lowest BCUT2D eigenvalue weighted by Gasteiger charge is -2.14. The third kappa shape index (κ3) is 7.85. The number of hydrogen-bond acceptors (Lipinski definition) is 3. The van der Waals surface area contributed by atoms with Gasteiger partial charge in [-0.15, -0.1) is 0 Å². The third-order valence-electron chi connectivity index (χ3n) is 2.71. The fraction of sp³-hybridized carbons (Fsp3) is 0.533. The van der Waals surface area contributed by atoms with Gasteiger partial charge in [0.1, 0.15) is 0 Å². The molecule has 0 bridgehead atoms. The molecule has 3 N–H and O–H groups in total. The average molecular weight is 334 g/mol. The van der Waals surface area contributed by atoms with Gasteiger partial charge in [-0.1, -0.05) is 19.9 Å². The number of hydrogen-bond donors (Lipinski definition) is 3. The summed E-state index contributed by atoms with van der Waals surface area (Å²) in [5.41, 5.74) is -0.833. The van der Waals surface area contributed by atoms with E-state index in [4.69, 9.17) is 4.74 Å². The Kier molecular flexibility index (Phi) is 7.31. The number of amides is 2. The fourth-order valence-electron chi connectivity index (χ4n) is 1.66. The molecule has 0 spiro atoms. The maximum Gasteiger partial charge on any atom is 0.416 e. The molecule has 1 aromatic rings. The molecule has 2 amide bonds. The van der Waals surface area contributed by atoms with Crippen molar-refractivity contribution in [2.75, 3.05) is 25.1 Å². The van der Waals surface area contributed by atoms with E-state index in [1.807, 2.05) is 13.8 Å². The fourth-order valence-corrected chi connectivity index (χ4v) is 1.66. The zero-order valence-electron chi connectivity index (χ0n) is 13.0. The van der Waals surface area contributed by atoms with Gasteiger partial charge >= 0.3 is 12.2 Å². The van der Waals surface area contributed by atoms with Crippen molar-refractivity contribution in [1.29, 1.82) is 0 Å². The van der Waals surface area contributed by atoms with Crippen molar-refractivity contribution in [3.05, 3.63) is 29.8 Å². The summed E-state index contributed by atoms with van der Waals surface area (Å²) in [7, 11) is 0. The van der Waals surface area contributed by atoms with Crippen LogP contribution in [0.15, 0.2) is 24.3 Å². The SMILES string of the molecule is CC(C)COCC(O)CNC(=O)Nc1cccc(C(F)(F)F)c1. The Bertz CT molecular complexity index is 507. The van der Waals surface area contributed by atoms with E-state index in [0.717, 1.165) is 12.1 Å². The third-order valence-corrected chi connectivity index (χ3v) is 2.71. The zero-order chi connectivity index (χ0) is 17.5. The summed E-state index contributed by atoms with van der Waals surface area (Å²) in [4.78, 5) is 11.6. The predicted octanol–water partition coefficient (Wildman–Crippen LogP) is 2.86. The monoisotopic (exact) mass is 334 g/mol. The topological polar surface area (TPSA) is 70.6 Å². The van der Waals surface area contributed by atoms with Gasteiger partial charge in [0.05, 0.1) is 18.3 Å². The van der Waals surface area contributed by atoms with Crippen LogP contribution in [0.3, 0.4) is 0 Å². The number of rotatable bonds is 7. The normalized spacial score (nSPS) is 13.0. The second kappa shape index (κ2) is 8.73.